The van der Waals surface area contributed by atoms with E-state index in [2.05, 4.69) is 11.5 Å². The molecule has 0 radical (unpaired) electrons. The molecule has 3 rings (SSSR count). The van der Waals surface area contributed by atoms with Crippen molar-refractivity contribution in [3.05, 3.63) is 42.5 Å². The number of carbonyl (C=O) groups is 2. The van der Waals surface area contributed by atoms with Gasteiger partial charge in [-0.1, -0.05) is 18.7 Å². The summed E-state index contributed by atoms with van der Waals surface area (Å²) >= 11 is 0. The molecule has 2 saturated heterocycles. The minimum atomic E-state index is -4.36. The van der Waals surface area contributed by atoms with Crippen LogP contribution in [0, 0.1) is 0 Å². The Kier molecular flexibility index (Phi) is 7.02. The highest BCUT2D eigenvalue weighted by molar-refractivity contribution is 5.93. The van der Waals surface area contributed by atoms with Gasteiger partial charge in [-0.15, -0.1) is 0 Å². The van der Waals surface area contributed by atoms with Crippen LogP contribution in [0.2, 0.25) is 0 Å². The van der Waals surface area contributed by atoms with Gasteiger partial charge in [0.05, 0.1) is 0 Å². The number of carbonyl (C=O) groups excluding carboxylic acids is 2. The Bertz CT molecular complexity index is 759. The van der Waals surface area contributed by atoms with E-state index in [1.165, 1.54) is 18.2 Å². The Morgan fingerprint density at radius 1 is 1.10 bits per heavy atom. The van der Waals surface area contributed by atoms with Crippen LogP contribution in [0.15, 0.2) is 36.9 Å². The molecule has 30 heavy (non-hydrogen) atoms. The normalized spacial score (nSPS) is 20.3. The topological polar surface area (TPSA) is 53.1 Å². The number of hydrogen-bond acceptors (Lipinski definition) is 4. The van der Waals surface area contributed by atoms with Crippen molar-refractivity contribution >= 4 is 11.8 Å². The summed E-state index contributed by atoms with van der Waals surface area (Å²) in [6.45, 7) is 5.99. The van der Waals surface area contributed by atoms with Crippen LogP contribution in [0.25, 0.3) is 0 Å². The standard InChI is InChI=1S/C21H26F3N3O3/c1-2-19(28)27-9-3-4-18(27)20(29)26-12-10-25(11-13-26)14-16-5-7-17(8-6-16)30-15-21(22,23)24/h2,5-8,18H,1,3-4,9-15H2. The first-order valence-electron chi connectivity index (χ1n) is 9.99. The van der Waals surface area contributed by atoms with Crippen LogP contribution in [0.1, 0.15) is 18.4 Å². The average Bonchev–Trinajstić information content (AvgIpc) is 3.22. The Morgan fingerprint density at radius 2 is 1.77 bits per heavy atom. The van der Waals surface area contributed by atoms with Crippen LogP contribution < -0.4 is 4.74 Å². The van der Waals surface area contributed by atoms with Crippen LogP contribution in [0.5, 0.6) is 5.75 Å². The van der Waals surface area contributed by atoms with E-state index < -0.39 is 18.8 Å². The molecule has 1 unspecified atom stereocenters. The zero-order valence-electron chi connectivity index (χ0n) is 16.7. The number of amides is 2. The van der Waals surface area contributed by atoms with Crippen molar-refractivity contribution in [1.29, 1.82) is 0 Å². The van der Waals surface area contributed by atoms with Gasteiger partial charge in [0, 0.05) is 39.3 Å². The van der Waals surface area contributed by atoms with E-state index in [1.54, 1.807) is 17.0 Å². The van der Waals surface area contributed by atoms with Gasteiger partial charge in [0.1, 0.15) is 11.8 Å². The number of rotatable bonds is 6. The first kappa shape index (κ1) is 22.1. The summed E-state index contributed by atoms with van der Waals surface area (Å²) < 4.78 is 41.4. The van der Waals surface area contributed by atoms with Crippen molar-refractivity contribution in [2.75, 3.05) is 39.3 Å². The molecule has 9 heteroatoms. The third-order valence-corrected chi connectivity index (χ3v) is 5.41. The molecule has 2 amide bonds. The van der Waals surface area contributed by atoms with Crippen molar-refractivity contribution in [2.24, 2.45) is 0 Å². The van der Waals surface area contributed by atoms with Gasteiger partial charge < -0.3 is 14.5 Å². The molecule has 2 heterocycles. The smallest absolute Gasteiger partial charge is 0.422 e. The Labute approximate surface area is 173 Å². The molecule has 1 aromatic rings. The van der Waals surface area contributed by atoms with Crippen molar-refractivity contribution in [3.63, 3.8) is 0 Å². The maximum absolute atomic E-state index is 12.9. The fourth-order valence-corrected chi connectivity index (χ4v) is 3.86. The quantitative estimate of drug-likeness (QED) is 0.657. The van der Waals surface area contributed by atoms with Crippen molar-refractivity contribution in [2.45, 2.75) is 31.6 Å². The second kappa shape index (κ2) is 9.51. The van der Waals surface area contributed by atoms with E-state index >= 15 is 0 Å². The number of halogens is 3. The number of hydrogen-bond donors (Lipinski definition) is 0. The van der Waals surface area contributed by atoms with Crippen LogP contribution in [-0.2, 0) is 16.1 Å². The Morgan fingerprint density at radius 3 is 2.37 bits per heavy atom. The van der Waals surface area contributed by atoms with E-state index in [-0.39, 0.29) is 17.6 Å². The molecule has 1 atom stereocenters. The van der Waals surface area contributed by atoms with Crippen LogP contribution in [0.4, 0.5) is 13.2 Å². The molecule has 2 fully saturated rings. The van der Waals surface area contributed by atoms with Gasteiger partial charge in [0.25, 0.3) is 0 Å². The predicted molar refractivity (Wildman–Crippen MR) is 105 cm³/mol. The third kappa shape index (κ3) is 5.75. The van der Waals surface area contributed by atoms with Crippen LogP contribution in [-0.4, -0.2) is 78.1 Å². The highest BCUT2D eigenvalue weighted by atomic mass is 19.4. The number of nitrogens with zero attached hydrogens (tertiary/aromatic N) is 3. The van der Waals surface area contributed by atoms with Crippen LogP contribution in [0.3, 0.4) is 0 Å². The van der Waals surface area contributed by atoms with Gasteiger partial charge in [0.2, 0.25) is 11.8 Å². The van der Waals surface area contributed by atoms with E-state index in [0.29, 0.717) is 45.7 Å². The van der Waals surface area contributed by atoms with Crippen molar-refractivity contribution in [1.82, 2.24) is 14.7 Å². The van der Waals surface area contributed by atoms with Gasteiger partial charge in [-0.3, -0.25) is 14.5 Å². The van der Waals surface area contributed by atoms with Gasteiger partial charge in [0.15, 0.2) is 6.61 Å². The minimum Gasteiger partial charge on any atom is -0.484 e. The SMILES string of the molecule is C=CC(=O)N1CCCC1C(=O)N1CCN(Cc2ccc(OCC(F)(F)F)cc2)CC1. The number of alkyl halides is 3. The first-order valence-corrected chi connectivity index (χ1v) is 9.99. The molecule has 2 aliphatic rings. The van der Waals surface area contributed by atoms with Gasteiger partial charge >= 0.3 is 6.18 Å². The van der Waals surface area contributed by atoms with Crippen molar-refractivity contribution < 1.29 is 27.5 Å². The van der Waals surface area contributed by atoms with Crippen LogP contribution >= 0.6 is 0 Å². The van der Waals surface area contributed by atoms with E-state index in [4.69, 9.17) is 4.74 Å². The second-order valence-corrected chi connectivity index (χ2v) is 7.54. The molecule has 0 spiro atoms. The van der Waals surface area contributed by atoms with Gasteiger partial charge in [-0.05, 0) is 36.6 Å². The minimum absolute atomic E-state index is 0.00600. The lowest BCUT2D eigenvalue weighted by Crippen LogP contribution is -2.54. The Balaban J connectivity index is 1.47. The molecule has 6 nitrogen and oxygen atoms in total. The highest BCUT2D eigenvalue weighted by Crippen LogP contribution is 2.22. The maximum Gasteiger partial charge on any atom is 0.422 e. The third-order valence-electron chi connectivity index (χ3n) is 5.41. The number of piperazine rings is 1. The molecule has 0 N–H and O–H groups in total. The number of likely N-dealkylation sites (tertiary alicyclic amines) is 1. The average molecular weight is 425 g/mol. The van der Waals surface area contributed by atoms with E-state index in [9.17, 15) is 22.8 Å². The lowest BCUT2D eigenvalue weighted by molar-refractivity contribution is -0.153. The molecule has 0 bridgehead atoms. The summed E-state index contributed by atoms with van der Waals surface area (Å²) in [5.74, 6) is -0.0256. The monoisotopic (exact) mass is 425 g/mol. The molecular formula is C21H26F3N3O3. The maximum atomic E-state index is 12.9. The van der Waals surface area contributed by atoms with E-state index in [1.807, 2.05) is 4.90 Å². The molecule has 164 valence electrons. The zero-order valence-corrected chi connectivity index (χ0v) is 16.7. The fraction of sp³-hybridized carbons (Fsp3) is 0.524. The lowest BCUT2D eigenvalue weighted by atomic mass is 10.1. The summed E-state index contributed by atoms with van der Waals surface area (Å²) in [5.41, 5.74) is 0.965. The van der Waals surface area contributed by atoms with E-state index in [0.717, 1.165) is 12.0 Å². The molecule has 2 aliphatic heterocycles. The molecule has 0 saturated carbocycles. The summed E-state index contributed by atoms with van der Waals surface area (Å²) in [5, 5.41) is 0. The molecule has 1 aromatic carbocycles. The van der Waals surface area contributed by atoms with Gasteiger partial charge in [-0.2, -0.15) is 13.2 Å². The summed E-state index contributed by atoms with van der Waals surface area (Å²) in [6.07, 6.45) is -1.60. The van der Waals surface area contributed by atoms with Gasteiger partial charge in [-0.25, -0.2) is 0 Å². The second-order valence-electron chi connectivity index (χ2n) is 7.54. The summed E-state index contributed by atoms with van der Waals surface area (Å²) in [4.78, 5) is 30.4. The summed E-state index contributed by atoms with van der Waals surface area (Å²) in [6, 6.07) is 6.17. The Hall–Kier alpha value is -2.55. The summed E-state index contributed by atoms with van der Waals surface area (Å²) in [7, 11) is 0. The number of benzene rings is 1. The van der Waals surface area contributed by atoms with Crippen molar-refractivity contribution in [3.8, 4) is 5.75 Å². The molecular weight excluding hydrogens is 399 g/mol. The lowest BCUT2D eigenvalue weighted by Gasteiger charge is -2.37. The molecule has 0 aromatic heterocycles. The highest BCUT2D eigenvalue weighted by Gasteiger charge is 2.36. The predicted octanol–water partition coefficient (Wildman–Crippen LogP) is 2.45. The fourth-order valence-electron chi connectivity index (χ4n) is 3.86. The largest absolute Gasteiger partial charge is 0.484 e. The first-order chi connectivity index (χ1) is 14.3. The number of ether oxygens (including phenoxy) is 1. The molecule has 0 aliphatic carbocycles. The zero-order chi connectivity index (χ0) is 21.7.